The number of aryl methyl sites for hydroxylation is 1. The molecule has 0 unspecified atom stereocenters. The van der Waals surface area contributed by atoms with E-state index in [2.05, 4.69) is 9.82 Å². The molecule has 10 heteroatoms. The van der Waals surface area contributed by atoms with Crippen LogP contribution in [-0.2, 0) is 22.7 Å². The molecule has 0 saturated carbocycles. The van der Waals surface area contributed by atoms with Gasteiger partial charge in [0.05, 0.1) is 21.4 Å². The third-order valence-corrected chi connectivity index (χ3v) is 5.32. The van der Waals surface area contributed by atoms with Gasteiger partial charge >= 0.3 is 6.18 Å². The summed E-state index contributed by atoms with van der Waals surface area (Å²) in [4.78, 5) is 11.5. The van der Waals surface area contributed by atoms with E-state index in [4.69, 9.17) is 0 Å². The van der Waals surface area contributed by atoms with E-state index in [0.29, 0.717) is 18.1 Å². The summed E-state index contributed by atoms with van der Waals surface area (Å²) in [6.07, 6.45) is -3.86. The molecule has 0 saturated heterocycles. The Balaban J connectivity index is 1.97. The maximum Gasteiger partial charge on any atom is 0.416 e. The summed E-state index contributed by atoms with van der Waals surface area (Å²) in [6, 6.07) is 7.83. The Bertz CT molecular complexity index is 1150. The number of nitrogens with one attached hydrogen (secondary N) is 2. The van der Waals surface area contributed by atoms with Gasteiger partial charge in [0.25, 0.3) is 15.6 Å². The van der Waals surface area contributed by atoms with Crippen LogP contribution in [0.15, 0.2) is 52.2 Å². The van der Waals surface area contributed by atoms with Crippen molar-refractivity contribution in [3.8, 4) is 0 Å². The average Bonchev–Trinajstić information content (AvgIpc) is 2.90. The van der Waals surface area contributed by atoms with Crippen molar-refractivity contribution in [2.45, 2.75) is 31.0 Å². The third-order valence-electron chi connectivity index (χ3n) is 3.94. The van der Waals surface area contributed by atoms with Gasteiger partial charge in [-0.05, 0) is 42.8 Å². The molecule has 27 heavy (non-hydrogen) atoms. The first-order chi connectivity index (χ1) is 12.6. The minimum Gasteiger partial charge on any atom is -0.284 e. The topological polar surface area (TPSA) is 84.0 Å². The van der Waals surface area contributed by atoms with Crippen LogP contribution >= 0.6 is 0 Å². The molecule has 1 heterocycles. The van der Waals surface area contributed by atoms with Crippen molar-refractivity contribution in [1.29, 1.82) is 0 Å². The van der Waals surface area contributed by atoms with Gasteiger partial charge in [0.2, 0.25) is 0 Å². The number of H-pyrrole nitrogens is 1. The molecule has 2 aromatic carbocycles. The van der Waals surface area contributed by atoms with Crippen LogP contribution in [0.1, 0.15) is 18.9 Å². The van der Waals surface area contributed by atoms with Gasteiger partial charge in [0.1, 0.15) is 0 Å². The largest absolute Gasteiger partial charge is 0.416 e. The number of hydrogen-bond acceptors (Lipinski definition) is 3. The highest BCUT2D eigenvalue weighted by molar-refractivity contribution is 7.92. The molecule has 0 radical (unpaired) electrons. The van der Waals surface area contributed by atoms with Crippen LogP contribution in [0.3, 0.4) is 0 Å². The molecule has 144 valence electrons. The lowest BCUT2D eigenvalue weighted by Crippen LogP contribution is -2.14. The Kier molecular flexibility index (Phi) is 4.77. The predicted molar refractivity (Wildman–Crippen MR) is 95.1 cm³/mol. The highest BCUT2D eigenvalue weighted by Crippen LogP contribution is 2.31. The van der Waals surface area contributed by atoms with E-state index in [-0.39, 0.29) is 16.6 Å². The molecule has 0 amide bonds. The number of hydrogen-bond donors (Lipinski definition) is 2. The van der Waals surface area contributed by atoms with Crippen LogP contribution in [0.25, 0.3) is 10.9 Å². The maximum absolute atomic E-state index is 12.8. The summed E-state index contributed by atoms with van der Waals surface area (Å²) in [5.41, 5.74) is -0.740. The number of aromatic nitrogens is 2. The number of benzene rings is 2. The van der Waals surface area contributed by atoms with Gasteiger partial charge < -0.3 is 0 Å². The molecule has 2 N–H and O–H groups in total. The van der Waals surface area contributed by atoms with Crippen LogP contribution < -0.4 is 10.3 Å². The number of anilines is 1. The van der Waals surface area contributed by atoms with Gasteiger partial charge in [0.15, 0.2) is 0 Å². The fraction of sp³-hybridized carbons (Fsp3) is 0.235. The second-order valence-electron chi connectivity index (χ2n) is 5.96. The molecular formula is C17H16F3N3O3S. The van der Waals surface area contributed by atoms with Gasteiger partial charge in [-0.25, -0.2) is 8.42 Å². The Morgan fingerprint density at radius 1 is 1.15 bits per heavy atom. The summed E-state index contributed by atoms with van der Waals surface area (Å²) in [6.45, 7) is 2.54. The first-order valence-electron chi connectivity index (χ1n) is 8.04. The van der Waals surface area contributed by atoms with Gasteiger partial charge in [0, 0.05) is 12.2 Å². The zero-order valence-corrected chi connectivity index (χ0v) is 15.0. The van der Waals surface area contributed by atoms with Gasteiger partial charge in [-0.2, -0.15) is 13.2 Å². The minimum atomic E-state index is -4.65. The molecule has 0 atom stereocenters. The van der Waals surface area contributed by atoms with Crippen LogP contribution in [0.4, 0.5) is 18.9 Å². The summed E-state index contributed by atoms with van der Waals surface area (Å²) >= 11 is 0. The number of alkyl halides is 3. The molecule has 0 spiro atoms. The fourth-order valence-electron chi connectivity index (χ4n) is 2.71. The van der Waals surface area contributed by atoms with E-state index in [1.165, 1.54) is 12.1 Å². The Labute approximate surface area is 152 Å². The van der Waals surface area contributed by atoms with Crippen molar-refractivity contribution < 1.29 is 21.6 Å². The highest BCUT2D eigenvalue weighted by atomic mass is 32.2. The first kappa shape index (κ1) is 19.0. The van der Waals surface area contributed by atoms with Crippen molar-refractivity contribution in [2.24, 2.45) is 0 Å². The Morgan fingerprint density at radius 2 is 1.89 bits per heavy atom. The Hall–Kier alpha value is -2.75. The number of sulfonamides is 1. The third kappa shape index (κ3) is 3.85. The number of rotatable bonds is 5. The molecule has 0 aliphatic rings. The SMILES string of the molecule is CCCn1[nH]c(=O)c2cc(NS(=O)(=O)c3cccc(C(F)(F)F)c3)ccc21. The van der Waals surface area contributed by atoms with Gasteiger partial charge in [-0.1, -0.05) is 13.0 Å². The van der Waals surface area contributed by atoms with E-state index in [0.717, 1.165) is 24.6 Å². The Morgan fingerprint density at radius 3 is 2.56 bits per heavy atom. The first-order valence-corrected chi connectivity index (χ1v) is 9.53. The summed E-state index contributed by atoms with van der Waals surface area (Å²) < 4.78 is 67.2. The lowest BCUT2D eigenvalue weighted by Gasteiger charge is -2.11. The van der Waals surface area contributed by atoms with E-state index in [1.807, 2.05) is 6.92 Å². The molecular weight excluding hydrogens is 383 g/mol. The fourth-order valence-corrected chi connectivity index (χ4v) is 3.81. The molecule has 1 aromatic heterocycles. The molecule has 3 aromatic rings. The second kappa shape index (κ2) is 6.76. The van der Waals surface area contributed by atoms with Crippen LogP contribution in [0.5, 0.6) is 0 Å². The summed E-state index contributed by atoms with van der Waals surface area (Å²) in [7, 11) is -4.25. The van der Waals surface area contributed by atoms with Crippen LogP contribution in [0.2, 0.25) is 0 Å². The van der Waals surface area contributed by atoms with E-state index in [1.54, 1.807) is 10.7 Å². The number of aromatic amines is 1. The van der Waals surface area contributed by atoms with Gasteiger partial charge in [-0.3, -0.25) is 19.3 Å². The molecule has 6 nitrogen and oxygen atoms in total. The normalized spacial score (nSPS) is 12.4. The summed E-state index contributed by atoms with van der Waals surface area (Å²) in [5.74, 6) is 0. The van der Waals surface area contributed by atoms with Crippen molar-refractivity contribution in [2.75, 3.05) is 4.72 Å². The number of halogens is 3. The zero-order valence-electron chi connectivity index (χ0n) is 14.2. The zero-order chi connectivity index (χ0) is 19.8. The van der Waals surface area contributed by atoms with Crippen molar-refractivity contribution in [3.05, 3.63) is 58.4 Å². The van der Waals surface area contributed by atoms with E-state index >= 15 is 0 Å². The molecule has 0 fully saturated rings. The second-order valence-corrected chi connectivity index (χ2v) is 7.64. The maximum atomic E-state index is 12.8. The quantitative estimate of drug-likeness (QED) is 0.688. The smallest absolute Gasteiger partial charge is 0.284 e. The summed E-state index contributed by atoms with van der Waals surface area (Å²) in [5, 5.41) is 2.94. The number of fused-ring (bicyclic) bond motifs is 1. The monoisotopic (exact) mass is 399 g/mol. The minimum absolute atomic E-state index is 0.0830. The molecule has 0 aliphatic carbocycles. The highest BCUT2D eigenvalue weighted by Gasteiger charge is 2.31. The lowest BCUT2D eigenvalue weighted by molar-refractivity contribution is -0.137. The van der Waals surface area contributed by atoms with E-state index in [9.17, 15) is 26.4 Å². The molecule has 3 rings (SSSR count). The lowest BCUT2D eigenvalue weighted by atomic mass is 10.2. The average molecular weight is 399 g/mol. The van der Waals surface area contributed by atoms with Crippen LogP contribution in [-0.4, -0.2) is 18.2 Å². The molecule has 0 aliphatic heterocycles. The van der Waals surface area contributed by atoms with Gasteiger partial charge in [-0.15, -0.1) is 0 Å². The standard InChI is InChI=1S/C17H16F3N3O3S/c1-2-8-23-15-7-6-12(10-14(15)16(24)21-23)22-27(25,26)13-5-3-4-11(9-13)17(18,19)20/h3-7,9-10,22H,2,8H2,1H3,(H,21,24). The van der Waals surface area contributed by atoms with Crippen LogP contribution in [0, 0.1) is 0 Å². The van der Waals surface area contributed by atoms with E-state index < -0.39 is 26.7 Å². The molecule has 0 bridgehead atoms. The predicted octanol–water partition coefficient (Wildman–Crippen LogP) is 3.56. The number of nitrogens with zero attached hydrogens (tertiary/aromatic N) is 1. The van der Waals surface area contributed by atoms with Crippen molar-refractivity contribution in [3.63, 3.8) is 0 Å². The van der Waals surface area contributed by atoms with Crippen molar-refractivity contribution >= 4 is 26.6 Å². The van der Waals surface area contributed by atoms with Crippen molar-refractivity contribution in [1.82, 2.24) is 9.78 Å².